The number of nitrogens with zero attached hydrogens (tertiary/aromatic N) is 2. The number of hydrogen-bond acceptors (Lipinski definition) is 4. The number of aromatic nitrogens is 2. The van der Waals surface area contributed by atoms with E-state index in [0.717, 1.165) is 12.2 Å². The van der Waals surface area contributed by atoms with Gasteiger partial charge < -0.3 is 11.1 Å². The summed E-state index contributed by atoms with van der Waals surface area (Å²) in [5, 5.41) is 6.83. The Hall–Kier alpha value is -1.17. The first-order valence-electron chi connectivity index (χ1n) is 5.13. The molecule has 0 aliphatic heterocycles. The van der Waals surface area contributed by atoms with E-state index in [1.165, 1.54) is 10.9 Å². The van der Waals surface area contributed by atoms with E-state index in [2.05, 4.69) is 10.4 Å². The molecule has 0 aliphatic carbocycles. The van der Waals surface area contributed by atoms with E-state index in [1.54, 1.807) is 18.8 Å². The van der Waals surface area contributed by atoms with Crippen LogP contribution in [-0.4, -0.2) is 33.7 Å². The molecule has 0 aliphatic rings. The number of nitrogen functional groups attached to an aromatic ring is 1. The van der Waals surface area contributed by atoms with Crippen molar-refractivity contribution in [3.63, 3.8) is 0 Å². The molecule has 1 atom stereocenters. The van der Waals surface area contributed by atoms with Gasteiger partial charge in [0.15, 0.2) is 0 Å². The van der Waals surface area contributed by atoms with Gasteiger partial charge in [0.1, 0.15) is 11.4 Å². The van der Waals surface area contributed by atoms with Crippen molar-refractivity contribution in [3.8, 4) is 0 Å². The topological polar surface area (TPSA) is 72.9 Å². The summed E-state index contributed by atoms with van der Waals surface area (Å²) in [5.74, 6) is 1.28. The number of rotatable bonds is 5. The lowest BCUT2D eigenvalue weighted by atomic mass is 10.2. The highest BCUT2D eigenvalue weighted by Gasteiger charge is 2.15. The van der Waals surface area contributed by atoms with Crippen molar-refractivity contribution in [1.82, 2.24) is 15.1 Å². The van der Waals surface area contributed by atoms with Crippen molar-refractivity contribution >= 4 is 23.5 Å². The quantitative estimate of drug-likeness (QED) is 0.803. The molecular formula is C10H18N4OS. The van der Waals surface area contributed by atoms with Gasteiger partial charge in [0.2, 0.25) is 0 Å². The summed E-state index contributed by atoms with van der Waals surface area (Å²) in [6, 6.07) is 0.152. The van der Waals surface area contributed by atoms with Crippen molar-refractivity contribution in [2.75, 3.05) is 17.7 Å². The Kier molecular flexibility index (Phi) is 4.67. The highest BCUT2D eigenvalue weighted by Crippen LogP contribution is 2.09. The summed E-state index contributed by atoms with van der Waals surface area (Å²) in [7, 11) is 1.71. The molecular weight excluding hydrogens is 224 g/mol. The molecule has 5 nitrogen and oxygen atoms in total. The number of carbonyl (C=O) groups is 1. The Morgan fingerprint density at radius 3 is 2.94 bits per heavy atom. The van der Waals surface area contributed by atoms with Gasteiger partial charge in [0.25, 0.3) is 5.91 Å². The summed E-state index contributed by atoms with van der Waals surface area (Å²) < 4.78 is 1.49. The summed E-state index contributed by atoms with van der Waals surface area (Å²) in [5.41, 5.74) is 6.16. The molecule has 6 heteroatoms. The Morgan fingerprint density at radius 1 is 1.75 bits per heavy atom. The number of anilines is 1. The average Bonchev–Trinajstić information content (AvgIpc) is 2.57. The maximum atomic E-state index is 11.8. The van der Waals surface area contributed by atoms with Crippen molar-refractivity contribution < 1.29 is 4.79 Å². The van der Waals surface area contributed by atoms with Gasteiger partial charge in [-0.1, -0.05) is 0 Å². The molecule has 1 aromatic rings. The second-order valence-electron chi connectivity index (χ2n) is 3.72. The van der Waals surface area contributed by atoms with Gasteiger partial charge in [-0.05, 0) is 25.4 Å². The van der Waals surface area contributed by atoms with Crippen LogP contribution < -0.4 is 11.1 Å². The molecule has 0 bridgehead atoms. The fraction of sp³-hybridized carbons (Fsp3) is 0.600. The van der Waals surface area contributed by atoms with Gasteiger partial charge in [0.05, 0.1) is 6.20 Å². The van der Waals surface area contributed by atoms with Crippen LogP contribution in [0.1, 0.15) is 23.7 Å². The van der Waals surface area contributed by atoms with Crippen LogP contribution in [0.5, 0.6) is 0 Å². The maximum Gasteiger partial charge on any atom is 0.256 e. The summed E-state index contributed by atoms with van der Waals surface area (Å²) in [4.78, 5) is 11.8. The fourth-order valence-corrected chi connectivity index (χ4v) is 1.88. The third kappa shape index (κ3) is 3.16. The molecule has 1 aromatic heterocycles. The molecule has 1 rings (SSSR count). The molecule has 0 radical (unpaired) electrons. The zero-order chi connectivity index (χ0) is 12.1. The largest absolute Gasteiger partial charge is 0.383 e. The number of aryl methyl sites for hydroxylation is 1. The van der Waals surface area contributed by atoms with Gasteiger partial charge in [0, 0.05) is 13.1 Å². The smallest absolute Gasteiger partial charge is 0.256 e. The number of carbonyl (C=O) groups excluding carboxylic acids is 1. The number of thioether (sulfide) groups is 1. The number of amides is 1. The van der Waals surface area contributed by atoms with E-state index in [4.69, 9.17) is 5.73 Å². The maximum absolute atomic E-state index is 11.8. The average molecular weight is 242 g/mol. The molecule has 16 heavy (non-hydrogen) atoms. The van der Waals surface area contributed by atoms with Crippen LogP contribution in [0, 0.1) is 0 Å². The van der Waals surface area contributed by atoms with Crippen molar-refractivity contribution in [1.29, 1.82) is 0 Å². The highest BCUT2D eigenvalue weighted by atomic mass is 32.2. The first kappa shape index (κ1) is 12.9. The third-order valence-electron chi connectivity index (χ3n) is 2.36. The van der Waals surface area contributed by atoms with E-state index < -0.39 is 0 Å². The standard InChI is InChI=1S/C10H18N4OS/c1-7(4-5-16-3)13-10(15)8-6-12-14(2)9(8)11/h6-7H,4-5,11H2,1-3H3,(H,13,15). The molecule has 3 N–H and O–H groups in total. The van der Waals surface area contributed by atoms with Crippen LogP contribution in [0.2, 0.25) is 0 Å². The van der Waals surface area contributed by atoms with Gasteiger partial charge in [-0.25, -0.2) is 0 Å². The molecule has 0 saturated heterocycles. The molecule has 1 amide bonds. The monoisotopic (exact) mass is 242 g/mol. The number of nitrogens with one attached hydrogen (secondary N) is 1. The molecule has 1 heterocycles. The van der Waals surface area contributed by atoms with Crippen molar-refractivity contribution in [3.05, 3.63) is 11.8 Å². The molecule has 90 valence electrons. The fourth-order valence-electron chi connectivity index (χ4n) is 1.29. The Morgan fingerprint density at radius 2 is 2.44 bits per heavy atom. The van der Waals surface area contributed by atoms with E-state index >= 15 is 0 Å². The normalized spacial score (nSPS) is 12.4. The lowest BCUT2D eigenvalue weighted by molar-refractivity contribution is 0.0940. The molecule has 0 saturated carbocycles. The number of hydrogen-bond donors (Lipinski definition) is 2. The lowest BCUT2D eigenvalue weighted by Gasteiger charge is -2.12. The third-order valence-corrected chi connectivity index (χ3v) is 3.01. The molecule has 1 unspecified atom stereocenters. The van der Waals surface area contributed by atoms with Crippen LogP contribution in [0.4, 0.5) is 5.82 Å². The van der Waals surface area contributed by atoms with Crippen molar-refractivity contribution in [2.45, 2.75) is 19.4 Å². The van der Waals surface area contributed by atoms with Crippen LogP contribution in [0.25, 0.3) is 0 Å². The second kappa shape index (κ2) is 5.79. The molecule has 0 spiro atoms. The minimum atomic E-state index is -0.154. The van der Waals surface area contributed by atoms with E-state index in [-0.39, 0.29) is 11.9 Å². The van der Waals surface area contributed by atoms with Gasteiger partial charge >= 0.3 is 0 Å². The number of nitrogens with two attached hydrogens (primary N) is 1. The first-order valence-corrected chi connectivity index (χ1v) is 6.53. The van der Waals surface area contributed by atoms with Crippen molar-refractivity contribution in [2.24, 2.45) is 7.05 Å². The zero-order valence-corrected chi connectivity index (χ0v) is 10.7. The summed E-state index contributed by atoms with van der Waals surface area (Å²) >= 11 is 1.77. The van der Waals surface area contributed by atoms with E-state index in [0.29, 0.717) is 11.4 Å². The zero-order valence-electron chi connectivity index (χ0n) is 9.86. The predicted molar refractivity (Wildman–Crippen MR) is 67.5 cm³/mol. The highest BCUT2D eigenvalue weighted by molar-refractivity contribution is 7.98. The van der Waals surface area contributed by atoms with Crippen LogP contribution in [0.3, 0.4) is 0 Å². The predicted octanol–water partition coefficient (Wildman–Crippen LogP) is 0.874. The van der Waals surface area contributed by atoms with E-state index in [9.17, 15) is 4.79 Å². The minimum Gasteiger partial charge on any atom is -0.383 e. The van der Waals surface area contributed by atoms with Gasteiger partial charge in [-0.2, -0.15) is 16.9 Å². The summed E-state index contributed by atoms with van der Waals surface area (Å²) in [6.07, 6.45) is 4.49. The molecule has 0 aromatic carbocycles. The minimum absolute atomic E-state index is 0.152. The van der Waals surface area contributed by atoms with Crippen LogP contribution in [0.15, 0.2) is 6.20 Å². The summed E-state index contributed by atoms with van der Waals surface area (Å²) in [6.45, 7) is 1.99. The van der Waals surface area contributed by atoms with E-state index in [1.807, 2.05) is 13.2 Å². The SMILES string of the molecule is CSCCC(C)NC(=O)c1cnn(C)c1N. The second-order valence-corrected chi connectivity index (χ2v) is 4.71. The van der Waals surface area contributed by atoms with Gasteiger partial charge in [-0.3, -0.25) is 9.48 Å². The Balaban J connectivity index is 2.55. The Bertz CT molecular complexity index is 364. The van der Waals surface area contributed by atoms with Gasteiger partial charge in [-0.15, -0.1) is 0 Å². The van der Waals surface area contributed by atoms with Crippen LogP contribution in [-0.2, 0) is 7.05 Å². The Labute approximate surface area is 99.8 Å². The molecule has 0 fully saturated rings. The van der Waals surface area contributed by atoms with Crippen LogP contribution >= 0.6 is 11.8 Å². The first-order chi connectivity index (χ1) is 7.56. The lowest BCUT2D eigenvalue weighted by Crippen LogP contribution is -2.33.